The molecule has 0 atom stereocenters. The molecule has 7 nitrogen and oxygen atoms in total. The Hall–Kier alpha value is -2.16. The lowest BCUT2D eigenvalue weighted by Gasteiger charge is -2.06. The van der Waals surface area contributed by atoms with Gasteiger partial charge in [0.05, 0.1) is 28.7 Å². The predicted molar refractivity (Wildman–Crippen MR) is 75.6 cm³/mol. The number of nitrogens with one attached hydrogen (secondary N) is 1. The second-order valence-corrected chi connectivity index (χ2v) is 4.75. The normalized spacial score (nSPS) is 10.0. The Bertz CT molecular complexity index is 552. The SMILES string of the molecule is CCOC(=O)CSCC(=O)Nc1cc([N+](=O)[O-])ccc1F. The summed E-state index contributed by atoms with van der Waals surface area (Å²) in [5.41, 5.74) is -0.600. The minimum atomic E-state index is -0.774. The van der Waals surface area contributed by atoms with Crippen LogP contribution in [0.4, 0.5) is 15.8 Å². The van der Waals surface area contributed by atoms with Gasteiger partial charge in [0.15, 0.2) is 0 Å². The van der Waals surface area contributed by atoms with Crippen LogP contribution in [0.3, 0.4) is 0 Å². The summed E-state index contributed by atoms with van der Waals surface area (Å²) < 4.78 is 18.1. The van der Waals surface area contributed by atoms with Gasteiger partial charge in [0.1, 0.15) is 5.82 Å². The second-order valence-electron chi connectivity index (χ2n) is 3.77. The first-order valence-corrected chi connectivity index (χ1v) is 7.06. The Morgan fingerprint density at radius 1 is 1.43 bits per heavy atom. The highest BCUT2D eigenvalue weighted by molar-refractivity contribution is 8.00. The molecular formula is C12H13FN2O5S. The molecule has 0 heterocycles. The van der Waals surface area contributed by atoms with Crippen molar-refractivity contribution in [1.82, 2.24) is 0 Å². The van der Waals surface area contributed by atoms with Crippen LogP contribution in [0, 0.1) is 15.9 Å². The van der Waals surface area contributed by atoms with Crippen molar-refractivity contribution in [1.29, 1.82) is 0 Å². The molecule has 0 saturated heterocycles. The van der Waals surface area contributed by atoms with Crippen LogP contribution in [0.5, 0.6) is 0 Å². The summed E-state index contributed by atoms with van der Waals surface area (Å²) in [5.74, 6) is -1.88. The van der Waals surface area contributed by atoms with E-state index >= 15 is 0 Å². The predicted octanol–water partition coefficient (Wildman–Crippen LogP) is 1.97. The summed E-state index contributed by atoms with van der Waals surface area (Å²) in [6, 6.07) is 2.84. The smallest absolute Gasteiger partial charge is 0.315 e. The first-order chi connectivity index (χ1) is 9.93. The van der Waals surface area contributed by atoms with E-state index in [4.69, 9.17) is 0 Å². The van der Waals surface area contributed by atoms with Crippen molar-refractivity contribution >= 4 is 35.0 Å². The van der Waals surface area contributed by atoms with Gasteiger partial charge in [-0.1, -0.05) is 0 Å². The van der Waals surface area contributed by atoms with Gasteiger partial charge in [0.2, 0.25) is 5.91 Å². The average molecular weight is 316 g/mol. The maximum atomic E-state index is 13.4. The van der Waals surface area contributed by atoms with E-state index in [1.165, 1.54) is 0 Å². The van der Waals surface area contributed by atoms with Gasteiger partial charge in [-0.15, -0.1) is 11.8 Å². The summed E-state index contributed by atoms with van der Waals surface area (Å²) in [6.07, 6.45) is 0. The lowest BCUT2D eigenvalue weighted by molar-refractivity contribution is -0.384. The topological polar surface area (TPSA) is 98.5 Å². The summed E-state index contributed by atoms with van der Waals surface area (Å²) in [7, 11) is 0. The van der Waals surface area contributed by atoms with Gasteiger partial charge in [0, 0.05) is 12.1 Å². The van der Waals surface area contributed by atoms with Crippen molar-refractivity contribution in [3.05, 3.63) is 34.1 Å². The summed E-state index contributed by atoms with van der Waals surface area (Å²) in [4.78, 5) is 32.5. The molecule has 0 unspecified atom stereocenters. The van der Waals surface area contributed by atoms with Gasteiger partial charge in [0.25, 0.3) is 5.69 Å². The third-order valence-electron chi connectivity index (χ3n) is 2.19. The van der Waals surface area contributed by atoms with Crippen LogP contribution < -0.4 is 5.32 Å². The third-order valence-corrected chi connectivity index (χ3v) is 3.10. The number of esters is 1. The van der Waals surface area contributed by atoms with Crippen LogP contribution in [-0.2, 0) is 14.3 Å². The molecule has 0 fully saturated rings. The van der Waals surface area contributed by atoms with Crippen molar-refractivity contribution in [3.8, 4) is 0 Å². The third kappa shape index (κ3) is 5.78. The zero-order chi connectivity index (χ0) is 15.8. The number of benzene rings is 1. The molecule has 1 aromatic rings. The van der Waals surface area contributed by atoms with Gasteiger partial charge >= 0.3 is 5.97 Å². The number of halogens is 1. The average Bonchev–Trinajstić information content (AvgIpc) is 2.41. The largest absolute Gasteiger partial charge is 0.465 e. The van der Waals surface area contributed by atoms with Crippen molar-refractivity contribution in [2.75, 3.05) is 23.4 Å². The van der Waals surface area contributed by atoms with Crippen LogP contribution in [0.25, 0.3) is 0 Å². The fourth-order valence-corrected chi connectivity index (χ4v) is 1.95. The molecule has 1 rings (SSSR count). The van der Waals surface area contributed by atoms with Crippen molar-refractivity contribution in [2.24, 2.45) is 0 Å². The Balaban J connectivity index is 2.53. The van der Waals surface area contributed by atoms with Crippen LogP contribution in [0.15, 0.2) is 18.2 Å². The molecule has 0 aliphatic heterocycles. The zero-order valence-corrected chi connectivity index (χ0v) is 11.9. The number of thioether (sulfide) groups is 1. The lowest BCUT2D eigenvalue weighted by Crippen LogP contribution is -2.17. The number of nitro groups is 1. The fourth-order valence-electron chi connectivity index (χ4n) is 1.34. The molecular weight excluding hydrogens is 303 g/mol. The Labute approximate surface area is 124 Å². The van der Waals surface area contributed by atoms with Gasteiger partial charge in [-0.3, -0.25) is 19.7 Å². The molecule has 0 radical (unpaired) electrons. The summed E-state index contributed by atoms with van der Waals surface area (Å²) >= 11 is 1.00. The van der Waals surface area contributed by atoms with E-state index < -0.39 is 22.6 Å². The minimum Gasteiger partial charge on any atom is -0.465 e. The molecule has 0 saturated carbocycles. The zero-order valence-electron chi connectivity index (χ0n) is 11.1. The number of nitrogens with zero attached hydrogens (tertiary/aromatic N) is 1. The maximum absolute atomic E-state index is 13.4. The highest BCUT2D eigenvalue weighted by atomic mass is 32.2. The summed E-state index contributed by atoms with van der Waals surface area (Å²) in [6.45, 7) is 1.92. The molecule has 114 valence electrons. The molecule has 0 aliphatic carbocycles. The van der Waals surface area contributed by atoms with Gasteiger partial charge in [-0.2, -0.15) is 0 Å². The number of amides is 1. The highest BCUT2D eigenvalue weighted by Gasteiger charge is 2.13. The molecule has 0 aliphatic rings. The van der Waals surface area contributed by atoms with E-state index in [-0.39, 0.29) is 29.5 Å². The Morgan fingerprint density at radius 3 is 2.76 bits per heavy atom. The first kappa shape index (κ1) is 16.9. The molecule has 0 bridgehead atoms. The molecule has 1 amide bonds. The molecule has 1 N–H and O–H groups in total. The number of anilines is 1. The van der Waals surface area contributed by atoms with Crippen LogP contribution >= 0.6 is 11.8 Å². The van der Waals surface area contributed by atoms with E-state index in [0.717, 1.165) is 30.0 Å². The Kier molecular flexibility index (Phi) is 6.60. The minimum absolute atomic E-state index is 0.00131. The van der Waals surface area contributed by atoms with Gasteiger partial charge in [-0.05, 0) is 13.0 Å². The molecule has 0 spiro atoms. The highest BCUT2D eigenvalue weighted by Crippen LogP contribution is 2.21. The first-order valence-electron chi connectivity index (χ1n) is 5.91. The standard InChI is InChI=1S/C12H13FN2O5S/c1-2-20-12(17)7-21-6-11(16)14-10-5-8(15(18)19)3-4-9(10)13/h3-5H,2,6-7H2,1H3,(H,14,16). The van der Waals surface area contributed by atoms with Crippen molar-refractivity contribution in [2.45, 2.75) is 6.92 Å². The van der Waals surface area contributed by atoms with Crippen LogP contribution in [0.2, 0.25) is 0 Å². The number of hydrogen-bond donors (Lipinski definition) is 1. The number of carbonyl (C=O) groups is 2. The van der Waals surface area contributed by atoms with Crippen LogP contribution in [0.1, 0.15) is 6.92 Å². The Morgan fingerprint density at radius 2 is 2.14 bits per heavy atom. The number of hydrogen-bond acceptors (Lipinski definition) is 6. The quantitative estimate of drug-likeness (QED) is 0.469. The maximum Gasteiger partial charge on any atom is 0.315 e. The number of non-ortho nitro benzene ring substituents is 1. The van der Waals surface area contributed by atoms with Crippen molar-refractivity contribution < 1.29 is 23.6 Å². The van der Waals surface area contributed by atoms with Crippen LogP contribution in [-0.4, -0.2) is 34.9 Å². The van der Waals surface area contributed by atoms with Gasteiger partial charge < -0.3 is 10.1 Å². The lowest BCUT2D eigenvalue weighted by atomic mass is 10.2. The van der Waals surface area contributed by atoms with E-state index in [1.807, 2.05) is 0 Å². The second kappa shape index (κ2) is 8.20. The molecule has 9 heteroatoms. The number of nitro benzene ring substituents is 1. The number of rotatable bonds is 7. The molecule has 21 heavy (non-hydrogen) atoms. The van der Waals surface area contributed by atoms with E-state index in [9.17, 15) is 24.1 Å². The number of ether oxygens (including phenoxy) is 1. The van der Waals surface area contributed by atoms with E-state index in [0.29, 0.717) is 0 Å². The number of carbonyl (C=O) groups excluding carboxylic acids is 2. The van der Waals surface area contributed by atoms with Crippen molar-refractivity contribution in [3.63, 3.8) is 0 Å². The fraction of sp³-hybridized carbons (Fsp3) is 0.333. The monoisotopic (exact) mass is 316 g/mol. The van der Waals surface area contributed by atoms with E-state index in [1.54, 1.807) is 6.92 Å². The van der Waals surface area contributed by atoms with Gasteiger partial charge in [-0.25, -0.2) is 4.39 Å². The molecule has 0 aromatic heterocycles. The van der Waals surface area contributed by atoms with E-state index in [2.05, 4.69) is 10.1 Å². The molecule has 1 aromatic carbocycles. The summed E-state index contributed by atoms with van der Waals surface area (Å²) in [5, 5.41) is 12.8.